The van der Waals surface area contributed by atoms with E-state index < -0.39 is 5.97 Å². The van der Waals surface area contributed by atoms with Gasteiger partial charge in [-0.25, -0.2) is 0 Å². The topological polar surface area (TPSA) is 49.7 Å². The van der Waals surface area contributed by atoms with Crippen molar-refractivity contribution in [3.8, 4) is 0 Å². The Labute approximate surface area is 90.6 Å². The highest BCUT2D eigenvalue weighted by molar-refractivity contribution is 5.89. The van der Waals surface area contributed by atoms with Crippen LogP contribution in [-0.4, -0.2) is 22.8 Å². The van der Waals surface area contributed by atoms with E-state index in [0.717, 1.165) is 19.3 Å². The molecule has 0 aromatic heterocycles. The zero-order valence-corrected chi connectivity index (χ0v) is 9.66. The number of carboxylic acid groups (broad SMARTS) is 1. The van der Waals surface area contributed by atoms with Gasteiger partial charge in [0, 0.05) is 11.1 Å². The molecule has 3 nitrogen and oxygen atoms in total. The number of hydrogen-bond acceptors (Lipinski definition) is 2. The van der Waals surface area contributed by atoms with Crippen LogP contribution in [0.2, 0.25) is 0 Å². The fraction of sp³-hybridized carbons (Fsp3) is 0.833. The van der Waals surface area contributed by atoms with E-state index in [9.17, 15) is 4.79 Å². The van der Waals surface area contributed by atoms with Crippen molar-refractivity contribution < 1.29 is 9.90 Å². The molecule has 1 saturated carbocycles. The van der Waals surface area contributed by atoms with Crippen molar-refractivity contribution in [3.05, 3.63) is 0 Å². The normalized spacial score (nSPS) is 38.3. The van der Waals surface area contributed by atoms with Gasteiger partial charge < -0.3 is 5.11 Å². The molecule has 0 radical (unpaired) electrons. The Morgan fingerprint density at radius 3 is 2.73 bits per heavy atom. The fourth-order valence-electron chi connectivity index (χ4n) is 2.99. The second-order valence-corrected chi connectivity index (χ2v) is 5.46. The van der Waals surface area contributed by atoms with Gasteiger partial charge >= 0.3 is 5.97 Å². The van der Waals surface area contributed by atoms with E-state index in [4.69, 9.17) is 5.11 Å². The van der Waals surface area contributed by atoms with Gasteiger partial charge in [0.05, 0.1) is 12.0 Å². The summed E-state index contributed by atoms with van der Waals surface area (Å²) in [7, 11) is 0. The van der Waals surface area contributed by atoms with E-state index in [0.29, 0.717) is 12.0 Å². The molecule has 2 rings (SSSR count). The minimum absolute atomic E-state index is 0.0960. The molecule has 0 spiro atoms. The van der Waals surface area contributed by atoms with Crippen LogP contribution in [0.3, 0.4) is 0 Å². The molecular formula is C12H19NO2. The summed E-state index contributed by atoms with van der Waals surface area (Å²) in [6, 6.07) is 0.385. The van der Waals surface area contributed by atoms with E-state index >= 15 is 0 Å². The third-order valence-electron chi connectivity index (χ3n) is 4.38. The lowest BCUT2D eigenvalue weighted by molar-refractivity contribution is -0.143. The zero-order valence-electron chi connectivity index (χ0n) is 9.66. The lowest BCUT2D eigenvalue weighted by atomic mass is 9.66. The first-order valence-electron chi connectivity index (χ1n) is 5.70. The predicted molar refractivity (Wildman–Crippen MR) is 59.1 cm³/mol. The maximum Gasteiger partial charge on any atom is 0.306 e. The van der Waals surface area contributed by atoms with E-state index in [-0.39, 0.29) is 11.3 Å². The van der Waals surface area contributed by atoms with Crippen molar-refractivity contribution in [2.45, 2.75) is 46.1 Å². The van der Waals surface area contributed by atoms with Gasteiger partial charge in [-0.15, -0.1) is 0 Å². The quantitative estimate of drug-likeness (QED) is 0.720. The molecule has 1 N–H and O–H groups in total. The Morgan fingerprint density at radius 1 is 1.47 bits per heavy atom. The molecule has 1 aliphatic carbocycles. The Bertz CT molecular complexity index is 320. The third kappa shape index (κ3) is 1.58. The Hall–Kier alpha value is -0.860. The molecule has 3 unspecified atom stereocenters. The highest BCUT2D eigenvalue weighted by Gasteiger charge is 2.47. The van der Waals surface area contributed by atoms with Crippen LogP contribution in [0, 0.1) is 17.3 Å². The van der Waals surface area contributed by atoms with Crippen molar-refractivity contribution in [3.63, 3.8) is 0 Å². The minimum Gasteiger partial charge on any atom is -0.481 e. The number of carboxylic acids is 1. The Morgan fingerprint density at radius 2 is 2.13 bits per heavy atom. The lowest BCUT2D eigenvalue weighted by Gasteiger charge is -2.36. The van der Waals surface area contributed by atoms with Crippen LogP contribution < -0.4 is 0 Å². The van der Waals surface area contributed by atoms with Crippen LogP contribution >= 0.6 is 0 Å². The average molecular weight is 209 g/mol. The zero-order chi connectivity index (χ0) is 11.2. The number of fused-ring (bicyclic) bond motifs is 1. The Balaban J connectivity index is 2.18. The molecule has 84 valence electrons. The van der Waals surface area contributed by atoms with Crippen molar-refractivity contribution in [1.29, 1.82) is 0 Å². The van der Waals surface area contributed by atoms with Crippen LogP contribution in [-0.2, 0) is 4.79 Å². The molecule has 1 fully saturated rings. The first-order chi connectivity index (χ1) is 6.93. The molecule has 0 aromatic rings. The summed E-state index contributed by atoms with van der Waals surface area (Å²) in [4.78, 5) is 15.7. The lowest BCUT2D eigenvalue weighted by Crippen LogP contribution is -2.37. The van der Waals surface area contributed by atoms with E-state index in [1.165, 1.54) is 5.71 Å². The molecule has 0 amide bonds. The highest BCUT2D eigenvalue weighted by atomic mass is 16.4. The average Bonchev–Trinajstić information content (AvgIpc) is 2.38. The van der Waals surface area contributed by atoms with Gasteiger partial charge in [-0.3, -0.25) is 9.79 Å². The second kappa shape index (κ2) is 3.32. The molecule has 15 heavy (non-hydrogen) atoms. The molecule has 2 aliphatic rings. The summed E-state index contributed by atoms with van der Waals surface area (Å²) < 4.78 is 0. The standard InChI is InChI=1S/C12H19NO2/c1-7-12(2,3)9-6-8(11(14)15)4-5-10(9)13-7/h8-10H,4-6H2,1-3H3,(H,14,15). The number of rotatable bonds is 1. The van der Waals surface area contributed by atoms with Gasteiger partial charge in [0.25, 0.3) is 0 Å². The van der Waals surface area contributed by atoms with Crippen LogP contribution in [0.25, 0.3) is 0 Å². The van der Waals surface area contributed by atoms with E-state index in [1.54, 1.807) is 0 Å². The van der Waals surface area contributed by atoms with Crippen LogP contribution in [0.5, 0.6) is 0 Å². The van der Waals surface area contributed by atoms with Gasteiger partial charge in [-0.1, -0.05) is 13.8 Å². The van der Waals surface area contributed by atoms with Crippen LogP contribution in [0.15, 0.2) is 4.99 Å². The molecular weight excluding hydrogens is 190 g/mol. The number of carbonyl (C=O) groups is 1. The molecule has 1 heterocycles. The number of aliphatic carboxylic acids is 1. The van der Waals surface area contributed by atoms with Crippen molar-refractivity contribution in [2.24, 2.45) is 22.2 Å². The molecule has 3 heteroatoms. The Kier molecular flexibility index (Phi) is 2.36. The summed E-state index contributed by atoms with van der Waals surface area (Å²) in [5.74, 6) is -0.340. The maximum atomic E-state index is 11.0. The van der Waals surface area contributed by atoms with Crippen molar-refractivity contribution in [1.82, 2.24) is 0 Å². The largest absolute Gasteiger partial charge is 0.481 e. The van der Waals surface area contributed by atoms with E-state index in [2.05, 4.69) is 25.8 Å². The summed E-state index contributed by atoms with van der Waals surface area (Å²) in [5, 5.41) is 9.06. The van der Waals surface area contributed by atoms with Gasteiger partial charge in [0.2, 0.25) is 0 Å². The van der Waals surface area contributed by atoms with Gasteiger partial charge in [0.1, 0.15) is 0 Å². The monoisotopic (exact) mass is 209 g/mol. The van der Waals surface area contributed by atoms with Gasteiger partial charge in [-0.2, -0.15) is 0 Å². The fourth-order valence-corrected chi connectivity index (χ4v) is 2.99. The maximum absolute atomic E-state index is 11.0. The molecule has 3 atom stereocenters. The molecule has 0 saturated heterocycles. The van der Waals surface area contributed by atoms with Gasteiger partial charge in [0.15, 0.2) is 0 Å². The first kappa shape index (κ1) is 10.7. The first-order valence-corrected chi connectivity index (χ1v) is 5.70. The SMILES string of the molecule is CC1=NC2CCC(C(=O)O)CC2C1(C)C. The van der Waals surface area contributed by atoms with Crippen molar-refractivity contribution in [2.75, 3.05) is 0 Å². The molecule has 0 bridgehead atoms. The molecule has 0 aromatic carbocycles. The van der Waals surface area contributed by atoms with Crippen LogP contribution in [0.4, 0.5) is 0 Å². The summed E-state index contributed by atoms with van der Waals surface area (Å²) in [5.41, 5.74) is 1.29. The third-order valence-corrected chi connectivity index (χ3v) is 4.38. The number of hydrogen-bond donors (Lipinski definition) is 1. The molecule has 1 aliphatic heterocycles. The second-order valence-electron chi connectivity index (χ2n) is 5.46. The number of nitrogens with zero attached hydrogens (tertiary/aromatic N) is 1. The van der Waals surface area contributed by atoms with Crippen LogP contribution in [0.1, 0.15) is 40.0 Å². The summed E-state index contributed by atoms with van der Waals surface area (Å²) >= 11 is 0. The van der Waals surface area contributed by atoms with Crippen molar-refractivity contribution >= 4 is 11.7 Å². The highest BCUT2D eigenvalue weighted by Crippen LogP contribution is 2.47. The minimum atomic E-state index is -0.631. The summed E-state index contributed by atoms with van der Waals surface area (Å²) in [6.07, 6.45) is 2.54. The predicted octanol–water partition coefficient (Wildman–Crippen LogP) is 2.36. The smallest absolute Gasteiger partial charge is 0.306 e. The van der Waals surface area contributed by atoms with E-state index in [1.807, 2.05) is 0 Å². The number of aliphatic imine (C=N–C) groups is 1. The summed E-state index contributed by atoms with van der Waals surface area (Å²) in [6.45, 7) is 6.47. The van der Waals surface area contributed by atoms with Gasteiger partial charge in [-0.05, 0) is 32.1 Å².